The average molecular weight is 244 g/mol. The SMILES string of the molecule is CC(OC(=O)c1cc(F)c(F)cc1N)C(N)=O. The second-order valence-corrected chi connectivity index (χ2v) is 3.30. The number of nitrogens with two attached hydrogens (primary N) is 2. The van der Waals surface area contributed by atoms with Gasteiger partial charge in [-0.15, -0.1) is 0 Å². The number of carbonyl (C=O) groups excluding carboxylic acids is 2. The molecule has 1 atom stereocenters. The molecule has 0 radical (unpaired) electrons. The first kappa shape index (κ1) is 12.9. The summed E-state index contributed by atoms with van der Waals surface area (Å²) in [7, 11) is 0. The van der Waals surface area contributed by atoms with Crippen molar-refractivity contribution >= 4 is 17.6 Å². The number of hydrogen-bond acceptors (Lipinski definition) is 4. The summed E-state index contributed by atoms with van der Waals surface area (Å²) in [5.41, 5.74) is 9.54. The zero-order valence-electron chi connectivity index (χ0n) is 8.87. The third-order valence-corrected chi connectivity index (χ3v) is 2.00. The van der Waals surface area contributed by atoms with Gasteiger partial charge in [-0.1, -0.05) is 0 Å². The highest BCUT2D eigenvalue weighted by molar-refractivity contribution is 5.96. The predicted octanol–water partition coefficient (Wildman–Crippen LogP) is 0.578. The molecular formula is C10H10F2N2O3. The van der Waals surface area contributed by atoms with Crippen molar-refractivity contribution in [3.63, 3.8) is 0 Å². The Bertz CT molecular complexity index is 477. The lowest BCUT2D eigenvalue weighted by molar-refractivity contribution is -0.125. The van der Waals surface area contributed by atoms with Crippen LogP contribution in [-0.4, -0.2) is 18.0 Å². The fourth-order valence-electron chi connectivity index (χ4n) is 1.02. The van der Waals surface area contributed by atoms with Crippen LogP contribution in [0.5, 0.6) is 0 Å². The number of anilines is 1. The molecule has 4 N–H and O–H groups in total. The number of esters is 1. The molecule has 0 aromatic heterocycles. The van der Waals surface area contributed by atoms with Crippen LogP contribution in [0.25, 0.3) is 0 Å². The van der Waals surface area contributed by atoms with E-state index in [1.165, 1.54) is 6.92 Å². The van der Waals surface area contributed by atoms with Gasteiger partial charge in [-0.3, -0.25) is 4.79 Å². The van der Waals surface area contributed by atoms with Crippen molar-refractivity contribution in [2.24, 2.45) is 5.73 Å². The summed E-state index contributed by atoms with van der Waals surface area (Å²) in [5.74, 6) is -4.33. The maximum atomic E-state index is 12.9. The van der Waals surface area contributed by atoms with Gasteiger partial charge in [0.1, 0.15) is 0 Å². The van der Waals surface area contributed by atoms with Crippen molar-refractivity contribution in [2.75, 3.05) is 5.73 Å². The Morgan fingerprint density at radius 1 is 1.29 bits per heavy atom. The third kappa shape index (κ3) is 2.90. The van der Waals surface area contributed by atoms with Gasteiger partial charge in [0.2, 0.25) is 0 Å². The van der Waals surface area contributed by atoms with Crippen LogP contribution in [0.2, 0.25) is 0 Å². The number of carbonyl (C=O) groups is 2. The number of nitrogen functional groups attached to an aromatic ring is 1. The molecule has 0 saturated carbocycles. The van der Waals surface area contributed by atoms with E-state index in [4.69, 9.17) is 11.5 Å². The lowest BCUT2D eigenvalue weighted by atomic mass is 10.1. The number of primary amides is 1. The summed E-state index contributed by atoms with van der Waals surface area (Å²) in [6.07, 6.45) is -1.19. The Balaban J connectivity index is 2.97. The van der Waals surface area contributed by atoms with Crippen molar-refractivity contribution < 1.29 is 23.1 Å². The van der Waals surface area contributed by atoms with E-state index in [1.54, 1.807) is 0 Å². The van der Waals surface area contributed by atoms with Crippen LogP contribution in [0.4, 0.5) is 14.5 Å². The molecule has 0 spiro atoms. The molecule has 0 fully saturated rings. The van der Waals surface area contributed by atoms with Crippen molar-refractivity contribution in [2.45, 2.75) is 13.0 Å². The maximum Gasteiger partial charge on any atom is 0.341 e. The van der Waals surface area contributed by atoms with Crippen molar-refractivity contribution in [3.8, 4) is 0 Å². The van der Waals surface area contributed by atoms with Gasteiger partial charge < -0.3 is 16.2 Å². The van der Waals surface area contributed by atoms with Crippen LogP contribution >= 0.6 is 0 Å². The lowest BCUT2D eigenvalue weighted by Crippen LogP contribution is -2.30. The van der Waals surface area contributed by atoms with Crippen LogP contribution in [0.3, 0.4) is 0 Å². The van der Waals surface area contributed by atoms with E-state index in [9.17, 15) is 18.4 Å². The molecule has 1 amide bonds. The molecule has 5 nitrogen and oxygen atoms in total. The van der Waals surface area contributed by atoms with Gasteiger partial charge in [0.15, 0.2) is 17.7 Å². The molecule has 0 bridgehead atoms. The summed E-state index contributed by atoms with van der Waals surface area (Å²) in [6.45, 7) is 1.25. The largest absolute Gasteiger partial charge is 0.449 e. The molecule has 1 aromatic carbocycles. The van der Waals surface area contributed by atoms with Crippen molar-refractivity contribution in [3.05, 3.63) is 29.3 Å². The number of ether oxygens (including phenoxy) is 1. The zero-order valence-corrected chi connectivity index (χ0v) is 8.87. The van der Waals surface area contributed by atoms with E-state index in [0.717, 1.165) is 0 Å². The summed E-state index contributed by atoms with van der Waals surface area (Å²) in [4.78, 5) is 22.1. The Labute approximate surface area is 95.3 Å². The molecular weight excluding hydrogens is 234 g/mol. The van der Waals surface area contributed by atoms with Crippen LogP contribution < -0.4 is 11.5 Å². The Hall–Kier alpha value is -2.18. The van der Waals surface area contributed by atoms with Crippen LogP contribution in [0.1, 0.15) is 17.3 Å². The molecule has 1 unspecified atom stereocenters. The minimum Gasteiger partial charge on any atom is -0.449 e. The highest BCUT2D eigenvalue weighted by atomic mass is 19.2. The molecule has 17 heavy (non-hydrogen) atoms. The number of amides is 1. The molecule has 0 aliphatic heterocycles. The normalized spacial score (nSPS) is 11.9. The monoisotopic (exact) mass is 244 g/mol. The smallest absolute Gasteiger partial charge is 0.341 e. The zero-order chi connectivity index (χ0) is 13.2. The lowest BCUT2D eigenvalue weighted by Gasteiger charge is -2.11. The van der Waals surface area contributed by atoms with E-state index in [1.807, 2.05) is 0 Å². The van der Waals surface area contributed by atoms with E-state index in [2.05, 4.69) is 4.74 Å². The molecule has 0 heterocycles. The summed E-state index contributed by atoms with van der Waals surface area (Å²) in [6, 6.07) is 1.25. The second kappa shape index (κ2) is 4.77. The third-order valence-electron chi connectivity index (χ3n) is 2.00. The Morgan fingerprint density at radius 2 is 1.82 bits per heavy atom. The molecule has 92 valence electrons. The second-order valence-electron chi connectivity index (χ2n) is 3.30. The van der Waals surface area contributed by atoms with Crippen LogP contribution in [-0.2, 0) is 9.53 Å². The van der Waals surface area contributed by atoms with E-state index in [-0.39, 0.29) is 11.3 Å². The average Bonchev–Trinajstić information content (AvgIpc) is 2.22. The number of hydrogen-bond donors (Lipinski definition) is 2. The summed E-state index contributed by atoms with van der Waals surface area (Å²) >= 11 is 0. The number of rotatable bonds is 3. The molecule has 1 aromatic rings. The minimum atomic E-state index is -1.24. The standard InChI is InChI=1S/C10H10F2N2O3/c1-4(9(14)15)17-10(16)5-2-6(11)7(12)3-8(5)13/h2-4H,13H2,1H3,(H2,14,15). The van der Waals surface area contributed by atoms with Gasteiger partial charge in [0.25, 0.3) is 5.91 Å². The maximum absolute atomic E-state index is 12.9. The highest BCUT2D eigenvalue weighted by Gasteiger charge is 2.20. The van der Waals surface area contributed by atoms with E-state index < -0.39 is 29.6 Å². The van der Waals surface area contributed by atoms with Gasteiger partial charge in [-0.25, -0.2) is 13.6 Å². The molecule has 1 rings (SSSR count). The van der Waals surface area contributed by atoms with Gasteiger partial charge >= 0.3 is 5.97 Å². The fourth-order valence-corrected chi connectivity index (χ4v) is 1.02. The van der Waals surface area contributed by atoms with Crippen molar-refractivity contribution in [1.82, 2.24) is 0 Å². The minimum absolute atomic E-state index is 0.287. The summed E-state index contributed by atoms with van der Waals surface area (Å²) in [5, 5.41) is 0. The highest BCUT2D eigenvalue weighted by Crippen LogP contribution is 2.18. The molecule has 7 heteroatoms. The molecule has 0 aliphatic carbocycles. The van der Waals surface area contributed by atoms with Crippen molar-refractivity contribution in [1.29, 1.82) is 0 Å². The van der Waals surface area contributed by atoms with Gasteiger partial charge in [0, 0.05) is 11.8 Å². The first-order valence-corrected chi connectivity index (χ1v) is 4.57. The van der Waals surface area contributed by atoms with Gasteiger partial charge in [0.05, 0.1) is 5.56 Å². The quantitative estimate of drug-likeness (QED) is 0.600. The fraction of sp³-hybridized carbons (Fsp3) is 0.200. The topological polar surface area (TPSA) is 95.4 Å². The first-order chi connectivity index (χ1) is 7.82. The number of halogens is 2. The molecule has 0 saturated heterocycles. The van der Waals surface area contributed by atoms with Gasteiger partial charge in [-0.05, 0) is 13.0 Å². The Morgan fingerprint density at radius 3 is 2.35 bits per heavy atom. The Kier molecular flexibility index (Phi) is 3.62. The predicted molar refractivity (Wildman–Crippen MR) is 54.8 cm³/mol. The van der Waals surface area contributed by atoms with Crippen LogP contribution in [0.15, 0.2) is 12.1 Å². The molecule has 0 aliphatic rings. The first-order valence-electron chi connectivity index (χ1n) is 4.57. The van der Waals surface area contributed by atoms with Crippen LogP contribution in [0, 0.1) is 11.6 Å². The van der Waals surface area contributed by atoms with Gasteiger partial charge in [-0.2, -0.15) is 0 Å². The summed E-state index contributed by atoms with van der Waals surface area (Å²) < 4.78 is 30.2. The van der Waals surface area contributed by atoms with E-state index in [0.29, 0.717) is 12.1 Å². The van der Waals surface area contributed by atoms with E-state index >= 15 is 0 Å². The number of benzene rings is 1.